The second kappa shape index (κ2) is 5.19. The van der Waals surface area contributed by atoms with Crippen LogP contribution in [0.1, 0.15) is 0 Å². The van der Waals surface area contributed by atoms with E-state index in [9.17, 15) is 9.18 Å². The molecule has 0 bridgehead atoms. The van der Waals surface area contributed by atoms with E-state index in [1.807, 2.05) is 11.8 Å². The van der Waals surface area contributed by atoms with Crippen LogP contribution in [0.2, 0.25) is 0 Å². The van der Waals surface area contributed by atoms with Gasteiger partial charge in [-0.2, -0.15) is 11.8 Å². The summed E-state index contributed by atoms with van der Waals surface area (Å²) in [7, 11) is 0. The third kappa shape index (κ3) is 2.85. The molecule has 1 saturated heterocycles. The number of rotatable bonds is 2. The predicted octanol–water partition coefficient (Wildman–Crippen LogP) is 1.09. The molecule has 1 aliphatic rings. The standard InChI is InChI=1S/C8H12FNOS/c9-3-1-2-8(11)10-4-6-12-7-5-10/h1-2H,3-7H2/b2-1+. The van der Waals surface area contributed by atoms with E-state index in [1.165, 1.54) is 12.2 Å². The summed E-state index contributed by atoms with van der Waals surface area (Å²) in [5.74, 6) is 1.93. The molecule has 0 aromatic rings. The van der Waals surface area contributed by atoms with Gasteiger partial charge in [0.05, 0.1) is 0 Å². The van der Waals surface area contributed by atoms with Crippen molar-refractivity contribution in [2.75, 3.05) is 31.3 Å². The lowest BCUT2D eigenvalue weighted by atomic mass is 10.4. The van der Waals surface area contributed by atoms with Crippen molar-refractivity contribution in [3.63, 3.8) is 0 Å². The number of thioether (sulfide) groups is 1. The lowest BCUT2D eigenvalue weighted by molar-refractivity contribution is -0.125. The van der Waals surface area contributed by atoms with Crippen molar-refractivity contribution in [1.29, 1.82) is 0 Å². The Balaban J connectivity index is 2.34. The third-order valence-electron chi connectivity index (χ3n) is 1.67. The van der Waals surface area contributed by atoms with Gasteiger partial charge in [-0.1, -0.05) is 0 Å². The summed E-state index contributed by atoms with van der Waals surface area (Å²) in [6.07, 6.45) is 2.57. The highest BCUT2D eigenvalue weighted by Crippen LogP contribution is 2.09. The molecule has 1 heterocycles. The number of carbonyl (C=O) groups excluding carboxylic acids is 1. The first-order valence-corrected chi connectivity index (χ1v) is 5.09. The van der Waals surface area contributed by atoms with Gasteiger partial charge in [0, 0.05) is 30.7 Å². The fourth-order valence-corrected chi connectivity index (χ4v) is 1.94. The Hall–Kier alpha value is -0.510. The zero-order valence-corrected chi connectivity index (χ0v) is 7.65. The SMILES string of the molecule is O=C(/C=C/CF)N1CCSCC1. The molecule has 2 nitrogen and oxygen atoms in total. The minimum atomic E-state index is -0.561. The summed E-state index contributed by atoms with van der Waals surface area (Å²) in [5.41, 5.74) is 0. The van der Waals surface area contributed by atoms with Crippen LogP contribution in [-0.2, 0) is 4.79 Å². The molecule has 4 heteroatoms. The molecular weight excluding hydrogens is 177 g/mol. The molecule has 0 aromatic carbocycles. The smallest absolute Gasteiger partial charge is 0.246 e. The average molecular weight is 189 g/mol. The highest BCUT2D eigenvalue weighted by Gasteiger charge is 2.13. The van der Waals surface area contributed by atoms with Gasteiger partial charge in [-0.15, -0.1) is 0 Å². The topological polar surface area (TPSA) is 20.3 Å². The van der Waals surface area contributed by atoms with E-state index < -0.39 is 6.67 Å². The Morgan fingerprint density at radius 3 is 2.75 bits per heavy atom. The fraction of sp³-hybridized carbons (Fsp3) is 0.625. The van der Waals surface area contributed by atoms with Crippen molar-refractivity contribution >= 4 is 17.7 Å². The maximum Gasteiger partial charge on any atom is 0.246 e. The Kier molecular flexibility index (Phi) is 4.14. The van der Waals surface area contributed by atoms with Crippen molar-refractivity contribution in [3.8, 4) is 0 Å². The van der Waals surface area contributed by atoms with Gasteiger partial charge in [0.25, 0.3) is 0 Å². The van der Waals surface area contributed by atoms with Gasteiger partial charge in [0.2, 0.25) is 5.91 Å². The average Bonchev–Trinajstić information content (AvgIpc) is 2.15. The van der Waals surface area contributed by atoms with E-state index in [-0.39, 0.29) is 5.91 Å². The number of hydrogen-bond acceptors (Lipinski definition) is 2. The number of alkyl halides is 1. The molecule has 0 unspecified atom stereocenters. The number of nitrogens with zero attached hydrogens (tertiary/aromatic N) is 1. The zero-order valence-electron chi connectivity index (χ0n) is 6.83. The molecule has 1 aliphatic heterocycles. The van der Waals surface area contributed by atoms with Gasteiger partial charge >= 0.3 is 0 Å². The summed E-state index contributed by atoms with van der Waals surface area (Å²) in [6.45, 7) is 1.02. The lowest BCUT2D eigenvalue weighted by Crippen LogP contribution is -2.36. The first-order valence-electron chi connectivity index (χ1n) is 3.94. The van der Waals surface area contributed by atoms with E-state index in [1.54, 1.807) is 4.90 Å². The second-order valence-electron chi connectivity index (χ2n) is 2.49. The number of carbonyl (C=O) groups is 1. The van der Waals surface area contributed by atoms with Crippen LogP contribution in [0.25, 0.3) is 0 Å². The molecule has 0 aliphatic carbocycles. The van der Waals surface area contributed by atoms with Gasteiger partial charge in [0.15, 0.2) is 0 Å². The number of allylic oxidation sites excluding steroid dienone is 1. The van der Waals surface area contributed by atoms with Gasteiger partial charge in [-0.25, -0.2) is 4.39 Å². The van der Waals surface area contributed by atoms with Crippen LogP contribution in [0.3, 0.4) is 0 Å². The first-order chi connectivity index (χ1) is 5.84. The molecule has 12 heavy (non-hydrogen) atoms. The predicted molar refractivity (Wildman–Crippen MR) is 49.0 cm³/mol. The van der Waals surface area contributed by atoms with Crippen LogP contribution in [-0.4, -0.2) is 42.1 Å². The molecule has 0 spiro atoms. The van der Waals surface area contributed by atoms with Crippen LogP contribution in [0.4, 0.5) is 4.39 Å². The lowest BCUT2D eigenvalue weighted by Gasteiger charge is -2.24. The highest BCUT2D eigenvalue weighted by atomic mass is 32.2. The first kappa shape index (κ1) is 9.58. The van der Waals surface area contributed by atoms with Crippen LogP contribution in [0.5, 0.6) is 0 Å². The Morgan fingerprint density at radius 1 is 1.50 bits per heavy atom. The van der Waals surface area contributed by atoms with Crippen molar-refractivity contribution in [1.82, 2.24) is 4.90 Å². The minimum absolute atomic E-state index is 0.0621. The van der Waals surface area contributed by atoms with E-state index in [2.05, 4.69) is 0 Å². The maximum absolute atomic E-state index is 11.7. The highest BCUT2D eigenvalue weighted by molar-refractivity contribution is 7.99. The molecule has 1 amide bonds. The molecule has 1 fully saturated rings. The molecule has 0 N–H and O–H groups in total. The van der Waals surface area contributed by atoms with E-state index >= 15 is 0 Å². The van der Waals surface area contributed by atoms with Crippen LogP contribution in [0, 0.1) is 0 Å². The van der Waals surface area contributed by atoms with E-state index in [0.717, 1.165) is 24.6 Å². The molecule has 1 rings (SSSR count). The maximum atomic E-state index is 11.7. The zero-order chi connectivity index (χ0) is 8.81. The molecular formula is C8H12FNOS. The van der Waals surface area contributed by atoms with E-state index in [4.69, 9.17) is 0 Å². The van der Waals surface area contributed by atoms with Gasteiger partial charge < -0.3 is 4.90 Å². The summed E-state index contributed by atoms with van der Waals surface area (Å²) >= 11 is 1.85. The monoisotopic (exact) mass is 189 g/mol. The quantitative estimate of drug-likeness (QED) is 0.606. The fourth-order valence-electron chi connectivity index (χ4n) is 1.03. The molecule has 0 atom stereocenters. The summed E-state index contributed by atoms with van der Waals surface area (Å²) in [6, 6.07) is 0. The van der Waals surface area contributed by atoms with Crippen LogP contribution in [0.15, 0.2) is 12.2 Å². The van der Waals surface area contributed by atoms with Gasteiger partial charge in [-0.05, 0) is 6.08 Å². The molecule has 0 saturated carbocycles. The number of amides is 1. The Bertz CT molecular complexity index is 178. The normalized spacial score (nSPS) is 18.6. The summed E-state index contributed by atoms with van der Waals surface area (Å²) < 4.78 is 11.7. The third-order valence-corrected chi connectivity index (χ3v) is 2.61. The molecule has 0 aromatic heterocycles. The second-order valence-corrected chi connectivity index (χ2v) is 3.72. The molecule has 0 radical (unpaired) electrons. The van der Waals surface area contributed by atoms with Crippen molar-refractivity contribution in [2.45, 2.75) is 0 Å². The summed E-state index contributed by atoms with van der Waals surface area (Å²) in [5, 5.41) is 0. The van der Waals surface area contributed by atoms with Crippen molar-refractivity contribution < 1.29 is 9.18 Å². The largest absolute Gasteiger partial charge is 0.338 e. The van der Waals surface area contributed by atoms with Gasteiger partial charge in [0.1, 0.15) is 6.67 Å². The van der Waals surface area contributed by atoms with Crippen LogP contribution < -0.4 is 0 Å². The molecule has 68 valence electrons. The van der Waals surface area contributed by atoms with Gasteiger partial charge in [-0.3, -0.25) is 4.79 Å². The Labute approximate surface area is 75.8 Å². The van der Waals surface area contributed by atoms with Crippen molar-refractivity contribution in [3.05, 3.63) is 12.2 Å². The van der Waals surface area contributed by atoms with Crippen molar-refractivity contribution in [2.24, 2.45) is 0 Å². The van der Waals surface area contributed by atoms with E-state index in [0.29, 0.717) is 0 Å². The summed E-state index contributed by atoms with van der Waals surface area (Å²) in [4.78, 5) is 13.0. The van der Waals surface area contributed by atoms with Crippen LogP contribution >= 0.6 is 11.8 Å². The minimum Gasteiger partial charge on any atom is -0.338 e. The number of hydrogen-bond donors (Lipinski definition) is 0. The number of halogens is 1. The Morgan fingerprint density at radius 2 is 2.17 bits per heavy atom.